The van der Waals surface area contributed by atoms with Crippen molar-refractivity contribution in [2.24, 2.45) is 0 Å². The summed E-state index contributed by atoms with van der Waals surface area (Å²) in [6.07, 6.45) is -6.84. The van der Waals surface area contributed by atoms with E-state index in [1.54, 1.807) is 30.3 Å². The average molecular weight is 599 g/mol. The van der Waals surface area contributed by atoms with Gasteiger partial charge in [-0.25, -0.2) is 9.78 Å². The first kappa shape index (κ1) is 30.8. The van der Waals surface area contributed by atoms with Crippen LogP contribution in [-0.4, -0.2) is 78.3 Å². The number of hydroxylamine groups is 2. The number of aromatic nitrogens is 1. The van der Waals surface area contributed by atoms with Crippen LogP contribution in [0.5, 0.6) is 5.88 Å². The molecule has 2 heterocycles. The number of pyridine rings is 1. The molecule has 1 aromatic heterocycles. The third-order valence-electron chi connectivity index (χ3n) is 5.66. The van der Waals surface area contributed by atoms with Crippen molar-refractivity contribution in [2.75, 3.05) is 33.4 Å². The van der Waals surface area contributed by atoms with Crippen LogP contribution in [0.1, 0.15) is 25.0 Å². The van der Waals surface area contributed by atoms with Crippen molar-refractivity contribution in [1.29, 1.82) is 0 Å². The predicted octanol–water partition coefficient (Wildman–Crippen LogP) is 4.09. The fourth-order valence-corrected chi connectivity index (χ4v) is 6.19. The molecule has 0 aliphatic carbocycles. The van der Waals surface area contributed by atoms with E-state index in [9.17, 15) is 31.5 Å². The highest BCUT2D eigenvalue weighted by molar-refractivity contribution is 7.83. The Morgan fingerprint density at radius 1 is 1.31 bits per heavy atom. The molecular weight excluding hydrogens is 571 g/mol. The smallest absolute Gasteiger partial charge is 0.432 e. The van der Waals surface area contributed by atoms with Crippen molar-refractivity contribution in [3.63, 3.8) is 0 Å². The number of methoxy groups -OCH3 is 1. The number of alkyl halides is 3. The Morgan fingerprint density at radius 3 is 2.54 bits per heavy atom. The highest BCUT2D eigenvalue weighted by atomic mass is 35.5. The molecule has 39 heavy (non-hydrogen) atoms. The minimum atomic E-state index is -4.86. The molecule has 0 spiro atoms. The minimum absolute atomic E-state index is 0.0274. The van der Waals surface area contributed by atoms with Crippen molar-refractivity contribution >= 4 is 27.9 Å². The van der Waals surface area contributed by atoms with Gasteiger partial charge in [-0.05, 0) is 18.6 Å². The molecule has 1 aliphatic rings. The molecule has 1 amide bonds. The van der Waals surface area contributed by atoms with E-state index >= 15 is 0 Å². The summed E-state index contributed by atoms with van der Waals surface area (Å²) in [6.45, 7) is 1.05. The first-order valence-corrected chi connectivity index (χ1v) is 13.3. The summed E-state index contributed by atoms with van der Waals surface area (Å²) in [4.78, 5) is 21.7. The zero-order valence-electron chi connectivity index (χ0n) is 21.2. The molecule has 11 nitrogen and oxygen atoms in total. The molecule has 0 saturated carbocycles. The van der Waals surface area contributed by atoms with Gasteiger partial charge in [-0.15, -0.1) is 8.42 Å². The number of benzene rings is 1. The van der Waals surface area contributed by atoms with Crippen LogP contribution in [0.2, 0.25) is 5.02 Å². The normalized spacial score (nSPS) is 23.8. The molecule has 1 saturated heterocycles. The Balaban J connectivity index is 2.03. The highest BCUT2D eigenvalue weighted by Gasteiger charge is 2.60. The van der Waals surface area contributed by atoms with Gasteiger partial charge in [0.1, 0.15) is 17.7 Å². The Kier molecular flexibility index (Phi) is 9.35. The largest absolute Gasteiger partial charge is 0.464 e. The summed E-state index contributed by atoms with van der Waals surface area (Å²) in [5.41, 5.74) is -0.712. The van der Waals surface area contributed by atoms with Crippen LogP contribution < -0.4 is 4.74 Å². The molecule has 1 fully saturated rings. The first-order chi connectivity index (χ1) is 18.1. The number of nitrogens with zero attached hydrogens (tertiary/aromatic N) is 3. The highest BCUT2D eigenvalue weighted by Crippen LogP contribution is 2.38. The van der Waals surface area contributed by atoms with Gasteiger partial charge in [0.15, 0.2) is 13.1 Å². The first-order valence-electron chi connectivity index (χ1n) is 11.5. The second-order valence-electron chi connectivity index (χ2n) is 8.91. The summed E-state index contributed by atoms with van der Waals surface area (Å²) in [5, 5.41) is 9.43. The van der Waals surface area contributed by atoms with Crippen molar-refractivity contribution in [1.82, 2.24) is 9.29 Å². The second-order valence-corrected chi connectivity index (χ2v) is 11.3. The number of morpholine rings is 1. The monoisotopic (exact) mass is 598 g/mol. The van der Waals surface area contributed by atoms with Crippen LogP contribution >= 0.6 is 11.6 Å². The second kappa shape index (κ2) is 11.8. The van der Waals surface area contributed by atoms with E-state index in [1.165, 1.54) is 21.0 Å². The Morgan fingerprint density at radius 2 is 1.97 bits per heavy atom. The number of hydrogen-bond acceptors (Lipinski definition) is 8. The fourth-order valence-electron chi connectivity index (χ4n) is 4.11. The van der Waals surface area contributed by atoms with Gasteiger partial charge in [0.05, 0.1) is 18.7 Å². The summed E-state index contributed by atoms with van der Waals surface area (Å²) in [6, 6.07) is 8.69. The van der Waals surface area contributed by atoms with Crippen molar-refractivity contribution in [2.45, 2.75) is 38.5 Å². The van der Waals surface area contributed by atoms with E-state index in [2.05, 4.69) is 4.98 Å². The lowest BCUT2D eigenvalue weighted by Crippen LogP contribution is -2.71. The van der Waals surface area contributed by atoms with Gasteiger partial charge >= 0.3 is 22.5 Å². The molecule has 1 aliphatic heterocycles. The van der Waals surface area contributed by atoms with Gasteiger partial charge in [-0.3, -0.25) is 0 Å². The van der Waals surface area contributed by atoms with Gasteiger partial charge in [-0.2, -0.15) is 22.3 Å². The molecule has 1 aromatic carbocycles. The van der Waals surface area contributed by atoms with Crippen LogP contribution in [0.4, 0.5) is 18.0 Å². The molecule has 0 radical (unpaired) electrons. The van der Waals surface area contributed by atoms with Gasteiger partial charge in [0.25, 0.3) is 5.79 Å². The van der Waals surface area contributed by atoms with Crippen LogP contribution in [-0.2, 0) is 37.2 Å². The Bertz CT molecular complexity index is 1270. The van der Waals surface area contributed by atoms with Crippen molar-refractivity contribution in [3.8, 4) is 5.88 Å². The molecule has 16 heteroatoms. The molecule has 1 unspecified atom stereocenters. The number of ether oxygens (including phenoxy) is 3. The number of carbonyl (C=O) groups is 1. The van der Waals surface area contributed by atoms with E-state index in [0.29, 0.717) is 17.8 Å². The minimum Gasteiger partial charge on any atom is -0.464 e. The molecule has 1 N–H and O–H groups in total. The molecule has 0 bridgehead atoms. The number of quaternary nitrogens is 1. The third-order valence-corrected chi connectivity index (χ3v) is 7.99. The van der Waals surface area contributed by atoms with E-state index in [0.717, 1.165) is 0 Å². The maximum absolute atomic E-state index is 14.0. The topological polar surface area (TPSA) is 124 Å². The van der Waals surface area contributed by atoms with E-state index in [-0.39, 0.29) is 24.1 Å². The van der Waals surface area contributed by atoms with Crippen LogP contribution in [0.15, 0.2) is 42.6 Å². The fraction of sp³-hybridized carbons (Fsp3) is 0.478. The summed E-state index contributed by atoms with van der Waals surface area (Å²) in [7, 11) is -3.50. The summed E-state index contributed by atoms with van der Waals surface area (Å²) in [5.74, 6) is -2.33. The Hall–Kier alpha value is -2.69. The lowest BCUT2D eigenvalue weighted by Gasteiger charge is -2.46. The maximum atomic E-state index is 14.0. The quantitative estimate of drug-likeness (QED) is 0.318. The van der Waals surface area contributed by atoms with Gasteiger partial charge in [0, 0.05) is 20.2 Å². The lowest BCUT2D eigenvalue weighted by atomic mass is 10.2. The van der Waals surface area contributed by atoms with Gasteiger partial charge in [0.2, 0.25) is 5.88 Å². The van der Waals surface area contributed by atoms with E-state index in [4.69, 9.17) is 30.6 Å². The van der Waals surface area contributed by atoms with Crippen LogP contribution in [0, 0.1) is 0 Å². The van der Waals surface area contributed by atoms with E-state index in [1.807, 2.05) is 0 Å². The number of rotatable bonds is 10. The van der Waals surface area contributed by atoms with E-state index < -0.39 is 68.0 Å². The number of hydrogen-bond donors (Lipinski definition) is 1. The number of halogens is 4. The Labute approximate surface area is 228 Å². The lowest BCUT2D eigenvalue weighted by molar-refractivity contribution is -1.02. The van der Waals surface area contributed by atoms with Crippen molar-refractivity contribution < 1.29 is 54.6 Å². The molecule has 2 aromatic rings. The predicted molar refractivity (Wildman–Crippen MR) is 131 cm³/mol. The van der Waals surface area contributed by atoms with Crippen LogP contribution in [0.3, 0.4) is 0 Å². The molecule has 216 valence electrons. The van der Waals surface area contributed by atoms with Gasteiger partial charge in [-0.1, -0.05) is 46.0 Å². The third kappa shape index (κ3) is 7.10. The SMILES string of the molecule is COCCO[N+]1(S(=O)(=O)N(Cc2ccccc2)C(=O)O)C[C@H](C)O[C@](C)(Oc2ncc(C(F)(F)F)cc2Cl)C1. The average Bonchev–Trinajstić information content (AvgIpc) is 2.83. The summed E-state index contributed by atoms with van der Waals surface area (Å²) >= 11 is 6.00. The maximum Gasteiger partial charge on any atom is 0.432 e. The zero-order valence-corrected chi connectivity index (χ0v) is 22.8. The number of amides is 1. The van der Waals surface area contributed by atoms with Crippen LogP contribution in [0.25, 0.3) is 0 Å². The zero-order chi connectivity index (χ0) is 29.1. The molecule has 3 atom stereocenters. The standard InChI is InChI=1S/C23H27ClF3N3O8S/c1-16-14-30(36-10-9-35-3,39(33,34)29(21(31)32)13-17-7-5-4-6-8-17)15-22(2,37-16)38-20-19(24)11-18(12-28-20)23(25,26)27/h4-8,11-12,16H,9-10,13-15H2,1-3H3/p+1/t16-,22+,30?/m0/s1. The number of carboxylic acid groups (broad SMARTS) is 1. The molecular formula is C23H28ClF3N3O8S+. The summed E-state index contributed by atoms with van der Waals surface area (Å²) < 4.78 is 82.7. The molecule has 3 rings (SSSR count). The van der Waals surface area contributed by atoms with Crippen molar-refractivity contribution in [3.05, 3.63) is 58.7 Å². The van der Waals surface area contributed by atoms with Gasteiger partial charge < -0.3 is 19.3 Å².